The van der Waals surface area contributed by atoms with E-state index in [4.69, 9.17) is 10.5 Å². The zero-order valence-electron chi connectivity index (χ0n) is 11.3. The van der Waals surface area contributed by atoms with Gasteiger partial charge in [0.25, 0.3) is 5.91 Å². The van der Waals surface area contributed by atoms with Gasteiger partial charge in [-0.1, -0.05) is 18.2 Å². The molecule has 1 fully saturated rings. The molecule has 0 saturated heterocycles. The van der Waals surface area contributed by atoms with E-state index in [2.05, 4.69) is 23.2 Å². The second kappa shape index (κ2) is 5.49. The van der Waals surface area contributed by atoms with E-state index >= 15 is 0 Å². The molecule has 1 unspecified atom stereocenters. The number of nitrogens with zero attached hydrogens (tertiary/aromatic N) is 1. The normalized spacial score (nSPS) is 24.7. The number of pyridine rings is 1. The summed E-state index contributed by atoms with van der Waals surface area (Å²) in [6.45, 7) is 0. The van der Waals surface area contributed by atoms with E-state index < -0.39 is 5.91 Å². The van der Waals surface area contributed by atoms with Gasteiger partial charge in [-0.05, 0) is 49.3 Å². The average Bonchev–Trinajstić information content (AvgIpc) is 2.37. The average molecular weight is 270 g/mol. The lowest BCUT2D eigenvalue weighted by Crippen LogP contribution is -2.28. The Morgan fingerprint density at radius 1 is 1.40 bits per heavy atom. The Bertz CT molecular complexity index is 578. The molecule has 0 bridgehead atoms. The number of rotatable bonds is 4. The molecule has 0 radical (unpaired) electrons. The van der Waals surface area contributed by atoms with Crippen LogP contribution in [-0.4, -0.2) is 17.0 Å². The lowest BCUT2D eigenvalue weighted by molar-refractivity contribution is 0.0978. The summed E-state index contributed by atoms with van der Waals surface area (Å²) in [7, 11) is 0. The van der Waals surface area contributed by atoms with Crippen molar-refractivity contribution in [3.63, 3.8) is 0 Å². The lowest BCUT2D eigenvalue weighted by atomic mass is 9.80. The number of allylic oxidation sites excluding steroid dienone is 4. The van der Waals surface area contributed by atoms with Crippen molar-refractivity contribution in [3.05, 3.63) is 47.7 Å². The highest BCUT2D eigenvalue weighted by atomic mass is 16.5. The highest BCUT2D eigenvalue weighted by Crippen LogP contribution is 2.35. The summed E-state index contributed by atoms with van der Waals surface area (Å²) >= 11 is 0. The largest absolute Gasteiger partial charge is 0.474 e. The van der Waals surface area contributed by atoms with Crippen molar-refractivity contribution in [2.24, 2.45) is 11.7 Å². The SMILES string of the molecule is NC(=O)c1cccnc1O[C@@H]1CCCC(C2=CC=C2)C1. The van der Waals surface area contributed by atoms with Gasteiger partial charge in [0, 0.05) is 6.20 Å². The molecule has 1 heterocycles. The summed E-state index contributed by atoms with van der Waals surface area (Å²) in [5.74, 6) is 0.438. The predicted octanol–water partition coefficient (Wildman–Crippen LogP) is 2.61. The highest BCUT2D eigenvalue weighted by Gasteiger charge is 2.27. The summed E-state index contributed by atoms with van der Waals surface area (Å²) in [4.78, 5) is 15.5. The highest BCUT2D eigenvalue weighted by molar-refractivity contribution is 5.94. The van der Waals surface area contributed by atoms with E-state index in [0.717, 1.165) is 19.3 Å². The number of carbonyl (C=O) groups is 1. The van der Waals surface area contributed by atoms with Gasteiger partial charge in [-0.3, -0.25) is 4.79 Å². The molecule has 1 saturated carbocycles. The summed E-state index contributed by atoms with van der Waals surface area (Å²) in [5, 5.41) is 0. The van der Waals surface area contributed by atoms with Crippen molar-refractivity contribution in [1.82, 2.24) is 4.98 Å². The number of primary amides is 1. The molecule has 2 aliphatic carbocycles. The van der Waals surface area contributed by atoms with Crippen LogP contribution in [0, 0.1) is 5.92 Å². The van der Waals surface area contributed by atoms with Crippen molar-refractivity contribution in [3.8, 4) is 5.88 Å². The van der Waals surface area contributed by atoms with Gasteiger partial charge in [0.2, 0.25) is 5.88 Å². The van der Waals surface area contributed by atoms with Gasteiger partial charge in [-0.15, -0.1) is 0 Å². The molecule has 0 spiro atoms. The third-order valence-electron chi connectivity index (χ3n) is 3.99. The number of hydrogen-bond donors (Lipinski definition) is 1. The van der Waals surface area contributed by atoms with E-state index in [0.29, 0.717) is 17.4 Å². The fourth-order valence-electron chi connectivity index (χ4n) is 2.86. The molecule has 0 aromatic carbocycles. The minimum Gasteiger partial charge on any atom is -0.474 e. The van der Waals surface area contributed by atoms with Gasteiger partial charge in [0.15, 0.2) is 0 Å². The summed E-state index contributed by atoms with van der Waals surface area (Å²) in [5.41, 5.74) is 7.12. The predicted molar refractivity (Wildman–Crippen MR) is 76.4 cm³/mol. The fourth-order valence-corrected chi connectivity index (χ4v) is 2.86. The third-order valence-corrected chi connectivity index (χ3v) is 3.99. The molecule has 2 N–H and O–H groups in total. The first-order chi connectivity index (χ1) is 9.74. The topological polar surface area (TPSA) is 65.2 Å². The molecule has 1 aromatic rings. The number of ether oxygens (including phenoxy) is 1. The molecule has 0 aliphatic heterocycles. The van der Waals surface area contributed by atoms with Crippen LogP contribution in [0.25, 0.3) is 0 Å². The van der Waals surface area contributed by atoms with Crippen molar-refractivity contribution in [2.75, 3.05) is 0 Å². The Hall–Kier alpha value is -2.10. The maximum Gasteiger partial charge on any atom is 0.254 e. The number of nitrogens with two attached hydrogens (primary N) is 1. The van der Waals surface area contributed by atoms with Gasteiger partial charge in [-0.25, -0.2) is 4.98 Å². The van der Waals surface area contributed by atoms with Crippen molar-refractivity contribution < 1.29 is 9.53 Å². The molecule has 4 heteroatoms. The summed E-state index contributed by atoms with van der Waals surface area (Å²) < 4.78 is 5.93. The molecule has 1 aromatic heterocycles. The molecule has 4 nitrogen and oxygen atoms in total. The van der Waals surface area contributed by atoms with E-state index in [1.54, 1.807) is 18.3 Å². The monoisotopic (exact) mass is 270 g/mol. The Kier molecular flexibility index (Phi) is 3.54. The van der Waals surface area contributed by atoms with Crippen LogP contribution < -0.4 is 10.5 Å². The van der Waals surface area contributed by atoms with Gasteiger partial charge >= 0.3 is 0 Å². The number of aromatic nitrogens is 1. The van der Waals surface area contributed by atoms with Crippen LogP contribution >= 0.6 is 0 Å². The van der Waals surface area contributed by atoms with Crippen LogP contribution in [0.5, 0.6) is 5.88 Å². The maximum atomic E-state index is 11.4. The molecule has 20 heavy (non-hydrogen) atoms. The van der Waals surface area contributed by atoms with E-state index in [1.165, 1.54) is 12.0 Å². The van der Waals surface area contributed by atoms with Gasteiger partial charge < -0.3 is 10.5 Å². The van der Waals surface area contributed by atoms with Crippen LogP contribution in [0.15, 0.2) is 42.1 Å². The lowest BCUT2D eigenvalue weighted by Gasteiger charge is -2.31. The first-order valence-corrected chi connectivity index (χ1v) is 7.04. The zero-order chi connectivity index (χ0) is 13.9. The second-order valence-electron chi connectivity index (χ2n) is 5.35. The first-order valence-electron chi connectivity index (χ1n) is 7.04. The molecule has 2 aliphatic rings. The summed E-state index contributed by atoms with van der Waals surface area (Å²) in [6, 6.07) is 3.35. The van der Waals surface area contributed by atoms with E-state index in [-0.39, 0.29) is 6.10 Å². The Labute approximate surface area is 118 Å². The van der Waals surface area contributed by atoms with Gasteiger partial charge in [0.05, 0.1) is 0 Å². The zero-order valence-corrected chi connectivity index (χ0v) is 11.3. The van der Waals surface area contributed by atoms with E-state index in [1.807, 2.05) is 0 Å². The molecular weight excluding hydrogens is 252 g/mol. The molecule has 104 valence electrons. The van der Waals surface area contributed by atoms with Crippen LogP contribution in [0.2, 0.25) is 0 Å². The van der Waals surface area contributed by atoms with Gasteiger partial charge in [0.1, 0.15) is 11.7 Å². The van der Waals surface area contributed by atoms with Crippen LogP contribution in [0.1, 0.15) is 36.0 Å². The minimum absolute atomic E-state index is 0.108. The summed E-state index contributed by atoms with van der Waals surface area (Å²) in [6.07, 6.45) is 12.5. The standard InChI is InChI=1S/C16H18N2O2/c17-15(19)14-8-3-9-18-16(14)20-13-7-2-6-12(10-13)11-4-1-5-11/h1,3-5,8-9,12-13H,2,6-7,10H2,(H2,17,19)/t12?,13-/m1/s1. The molecule has 2 atom stereocenters. The number of hydrogen-bond acceptors (Lipinski definition) is 3. The number of carbonyl (C=O) groups excluding carboxylic acids is 1. The van der Waals surface area contributed by atoms with Crippen molar-refractivity contribution in [1.29, 1.82) is 0 Å². The second-order valence-corrected chi connectivity index (χ2v) is 5.35. The maximum absolute atomic E-state index is 11.4. The van der Waals surface area contributed by atoms with Crippen molar-refractivity contribution in [2.45, 2.75) is 31.8 Å². The minimum atomic E-state index is -0.495. The Morgan fingerprint density at radius 3 is 2.95 bits per heavy atom. The van der Waals surface area contributed by atoms with Crippen LogP contribution in [-0.2, 0) is 0 Å². The Morgan fingerprint density at radius 2 is 2.25 bits per heavy atom. The Balaban J connectivity index is 1.69. The number of amides is 1. The molecular formula is C16H18N2O2. The smallest absolute Gasteiger partial charge is 0.254 e. The van der Waals surface area contributed by atoms with Crippen molar-refractivity contribution >= 4 is 5.91 Å². The molecule has 1 amide bonds. The first kappa shape index (κ1) is 12.9. The van der Waals surface area contributed by atoms with E-state index in [9.17, 15) is 4.79 Å². The van der Waals surface area contributed by atoms with Crippen LogP contribution in [0.3, 0.4) is 0 Å². The molecule has 3 rings (SSSR count). The van der Waals surface area contributed by atoms with Crippen LogP contribution in [0.4, 0.5) is 0 Å². The fraction of sp³-hybridized carbons (Fsp3) is 0.375. The third kappa shape index (κ3) is 2.59. The quantitative estimate of drug-likeness (QED) is 0.914. The van der Waals surface area contributed by atoms with Gasteiger partial charge in [-0.2, -0.15) is 0 Å².